The lowest BCUT2D eigenvalue weighted by atomic mass is 9.99. The van der Waals surface area contributed by atoms with Crippen LogP contribution >= 0.6 is 0 Å². The lowest BCUT2D eigenvalue weighted by molar-refractivity contribution is -0.125. The third-order valence-electron chi connectivity index (χ3n) is 5.93. The van der Waals surface area contributed by atoms with E-state index >= 15 is 0 Å². The lowest BCUT2D eigenvalue weighted by Crippen LogP contribution is -2.56. The number of nitrogens with zero attached hydrogens (tertiary/aromatic N) is 4. The van der Waals surface area contributed by atoms with Crippen LogP contribution in [-0.4, -0.2) is 52.7 Å². The first-order valence-electron chi connectivity index (χ1n) is 10.5. The van der Waals surface area contributed by atoms with Crippen LogP contribution in [0, 0.1) is 0 Å². The normalized spacial score (nSPS) is 19.7. The molecule has 5 heteroatoms. The zero-order valence-corrected chi connectivity index (χ0v) is 16.6. The smallest absolute Gasteiger partial charge is 0.259 e. The summed E-state index contributed by atoms with van der Waals surface area (Å²) in [6, 6.07) is 20.7. The molecule has 0 atom stereocenters. The van der Waals surface area contributed by atoms with Gasteiger partial charge in [-0.2, -0.15) is 0 Å². The summed E-state index contributed by atoms with van der Waals surface area (Å²) in [5, 5.41) is 0. The number of guanidine groups is 1. The highest BCUT2D eigenvalue weighted by molar-refractivity contribution is 6.09. The minimum atomic E-state index is 0.124. The van der Waals surface area contributed by atoms with E-state index in [4.69, 9.17) is 4.99 Å². The van der Waals surface area contributed by atoms with Gasteiger partial charge in [-0.1, -0.05) is 60.7 Å². The number of aliphatic imine (C=N–C) groups is 1. The quantitative estimate of drug-likeness (QED) is 0.810. The zero-order chi connectivity index (χ0) is 19.6. The Morgan fingerprint density at radius 1 is 0.862 bits per heavy atom. The Morgan fingerprint density at radius 2 is 1.55 bits per heavy atom. The predicted octanol–water partition coefficient (Wildman–Crippen LogP) is 3.25. The molecule has 0 spiro atoms. The second-order valence-corrected chi connectivity index (χ2v) is 7.94. The molecule has 0 bridgehead atoms. The number of benzene rings is 2. The van der Waals surface area contributed by atoms with Gasteiger partial charge in [-0.15, -0.1) is 0 Å². The summed E-state index contributed by atoms with van der Waals surface area (Å²) in [6.45, 7) is 4.89. The molecule has 5 nitrogen and oxygen atoms in total. The van der Waals surface area contributed by atoms with Gasteiger partial charge < -0.3 is 4.90 Å². The van der Waals surface area contributed by atoms with Crippen LogP contribution in [0.2, 0.25) is 0 Å². The van der Waals surface area contributed by atoms with Crippen LogP contribution < -0.4 is 0 Å². The van der Waals surface area contributed by atoms with Crippen molar-refractivity contribution in [2.24, 2.45) is 4.99 Å². The highest BCUT2D eigenvalue weighted by atomic mass is 16.2. The molecule has 3 heterocycles. The average Bonchev–Trinajstić information content (AvgIpc) is 2.78. The molecule has 29 heavy (non-hydrogen) atoms. The summed E-state index contributed by atoms with van der Waals surface area (Å²) < 4.78 is 0. The van der Waals surface area contributed by atoms with Crippen molar-refractivity contribution in [3.05, 3.63) is 83.1 Å². The summed E-state index contributed by atoms with van der Waals surface area (Å²) in [6.07, 6.45) is 1.95. The zero-order valence-electron chi connectivity index (χ0n) is 16.6. The summed E-state index contributed by atoms with van der Waals surface area (Å²) in [4.78, 5) is 24.9. The van der Waals surface area contributed by atoms with Crippen LogP contribution in [0.25, 0.3) is 0 Å². The highest BCUT2D eigenvalue weighted by Crippen LogP contribution is 2.32. The van der Waals surface area contributed by atoms with Crippen LogP contribution in [0.3, 0.4) is 0 Å². The molecule has 0 N–H and O–H groups in total. The van der Waals surface area contributed by atoms with Gasteiger partial charge in [0.15, 0.2) is 0 Å². The lowest BCUT2D eigenvalue weighted by Gasteiger charge is -2.45. The first-order chi connectivity index (χ1) is 14.3. The van der Waals surface area contributed by atoms with Crippen LogP contribution in [0.4, 0.5) is 0 Å². The van der Waals surface area contributed by atoms with Crippen molar-refractivity contribution in [1.82, 2.24) is 14.7 Å². The maximum absolute atomic E-state index is 13.6. The second-order valence-electron chi connectivity index (χ2n) is 7.94. The fourth-order valence-electron chi connectivity index (χ4n) is 4.52. The van der Waals surface area contributed by atoms with E-state index in [9.17, 15) is 4.79 Å². The van der Waals surface area contributed by atoms with Crippen LogP contribution in [0.5, 0.6) is 0 Å². The molecule has 148 valence electrons. The predicted molar refractivity (Wildman–Crippen MR) is 114 cm³/mol. The molecular formula is C24H26N4O. The van der Waals surface area contributed by atoms with Crippen molar-refractivity contribution in [3.8, 4) is 0 Å². The standard InChI is InChI=1S/C24H26N4O/c29-23-21-18-26(16-19-8-3-1-4-9-19)15-12-22(21)27-14-7-13-25-24(27)28(23)17-20-10-5-2-6-11-20/h1-6,8-11H,7,12-18H2. The Labute approximate surface area is 171 Å². The topological polar surface area (TPSA) is 39.2 Å². The summed E-state index contributed by atoms with van der Waals surface area (Å²) in [7, 11) is 0. The van der Waals surface area contributed by atoms with Gasteiger partial charge in [0.25, 0.3) is 5.91 Å². The van der Waals surface area contributed by atoms with Crippen molar-refractivity contribution in [1.29, 1.82) is 0 Å². The Balaban J connectivity index is 1.43. The number of amides is 1. The molecule has 0 saturated carbocycles. The monoisotopic (exact) mass is 386 g/mol. The van der Waals surface area contributed by atoms with E-state index in [-0.39, 0.29) is 5.91 Å². The number of carbonyl (C=O) groups is 1. The Morgan fingerprint density at radius 3 is 2.28 bits per heavy atom. The molecule has 0 aliphatic carbocycles. The van der Waals surface area contributed by atoms with Gasteiger partial charge in [-0.05, 0) is 17.5 Å². The van der Waals surface area contributed by atoms with Crippen molar-refractivity contribution in [2.45, 2.75) is 25.9 Å². The Bertz CT molecular complexity index is 951. The molecular weight excluding hydrogens is 360 g/mol. The fraction of sp³-hybridized carbons (Fsp3) is 0.333. The molecule has 0 fully saturated rings. The van der Waals surface area contributed by atoms with Gasteiger partial charge in [-0.3, -0.25) is 19.6 Å². The van der Waals surface area contributed by atoms with E-state index in [1.54, 1.807) is 0 Å². The van der Waals surface area contributed by atoms with Gasteiger partial charge in [-0.25, -0.2) is 0 Å². The van der Waals surface area contributed by atoms with Crippen molar-refractivity contribution in [2.75, 3.05) is 26.2 Å². The average molecular weight is 386 g/mol. The number of rotatable bonds is 4. The van der Waals surface area contributed by atoms with Gasteiger partial charge in [0.2, 0.25) is 5.96 Å². The first-order valence-corrected chi connectivity index (χ1v) is 10.5. The van der Waals surface area contributed by atoms with E-state index in [0.29, 0.717) is 13.1 Å². The molecule has 3 aliphatic rings. The Hall–Kier alpha value is -2.92. The Kier molecular flexibility index (Phi) is 4.90. The minimum absolute atomic E-state index is 0.124. The van der Waals surface area contributed by atoms with E-state index in [1.165, 1.54) is 11.3 Å². The maximum Gasteiger partial charge on any atom is 0.259 e. The van der Waals surface area contributed by atoms with Crippen molar-refractivity contribution < 1.29 is 4.79 Å². The van der Waals surface area contributed by atoms with Crippen molar-refractivity contribution >= 4 is 11.9 Å². The van der Waals surface area contributed by atoms with Crippen LogP contribution in [-0.2, 0) is 17.9 Å². The summed E-state index contributed by atoms with van der Waals surface area (Å²) >= 11 is 0. The molecule has 2 aromatic rings. The van der Waals surface area contributed by atoms with Crippen LogP contribution in [0.1, 0.15) is 24.0 Å². The highest BCUT2D eigenvalue weighted by Gasteiger charge is 2.40. The number of hydrogen-bond donors (Lipinski definition) is 0. The number of fused-ring (bicyclic) bond motifs is 2. The first kappa shape index (κ1) is 18.1. The van der Waals surface area contributed by atoms with Gasteiger partial charge >= 0.3 is 0 Å². The minimum Gasteiger partial charge on any atom is -0.315 e. The van der Waals surface area contributed by atoms with E-state index in [1.807, 2.05) is 29.2 Å². The van der Waals surface area contributed by atoms with Crippen LogP contribution in [0.15, 0.2) is 76.9 Å². The summed E-state index contributed by atoms with van der Waals surface area (Å²) in [5.41, 5.74) is 4.57. The molecule has 0 radical (unpaired) electrons. The molecule has 5 rings (SSSR count). The van der Waals surface area contributed by atoms with Gasteiger partial charge in [0.1, 0.15) is 0 Å². The van der Waals surface area contributed by atoms with E-state index < -0.39 is 0 Å². The van der Waals surface area contributed by atoms with E-state index in [2.05, 4.69) is 46.2 Å². The van der Waals surface area contributed by atoms with Crippen molar-refractivity contribution in [3.63, 3.8) is 0 Å². The number of carbonyl (C=O) groups excluding carboxylic acids is 1. The SMILES string of the molecule is O=C1C2=C(CCN(Cc3ccccc3)C2)N2CCCN=C2N1Cc1ccccc1. The fourth-order valence-corrected chi connectivity index (χ4v) is 4.52. The van der Waals surface area contributed by atoms with Gasteiger partial charge in [0.05, 0.1) is 12.1 Å². The maximum atomic E-state index is 13.6. The third-order valence-corrected chi connectivity index (χ3v) is 5.93. The van der Waals surface area contributed by atoms with Gasteiger partial charge in [0, 0.05) is 44.8 Å². The molecule has 0 unspecified atom stereocenters. The molecule has 0 aromatic heterocycles. The number of hydrogen-bond acceptors (Lipinski definition) is 4. The molecule has 3 aliphatic heterocycles. The summed E-state index contributed by atoms with van der Waals surface area (Å²) in [5.74, 6) is 0.971. The third kappa shape index (κ3) is 3.58. The largest absolute Gasteiger partial charge is 0.315 e. The molecule has 2 aromatic carbocycles. The van der Waals surface area contributed by atoms with E-state index in [0.717, 1.165) is 56.1 Å². The second kappa shape index (κ2) is 7.84. The molecule has 1 amide bonds. The molecule has 0 saturated heterocycles.